The first-order valence-electron chi connectivity index (χ1n) is 11.4. The van der Waals surface area contributed by atoms with Crippen LogP contribution in [0.15, 0.2) is 67.0 Å². The van der Waals surface area contributed by atoms with Gasteiger partial charge in [-0.1, -0.05) is 40.5 Å². The monoisotopic (exact) mass is 518 g/mol. The van der Waals surface area contributed by atoms with Crippen molar-refractivity contribution in [3.8, 4) is 0 Å². The number of halogens is 2. The quantitative estimate of drug-likeness (QED) is 0.420. The fourth-order valence-electron chi connectivity index (χ4n) is 5.12. The minimum atomic E-state index is -1.33. The molecule has 0 saturated carbocycles. The molecule has 0 unspecified atom stereocenters. The summed E-state index contributed by atoms with van der Waals surface area (Å²) in [5.41, 5.74) is 2.27. The summed E-state index contributed by atoms with van der Waals surface area (Å²) in [5, 5.41) is 12.9. The van der Waals surface area contributed by atoms with Crippen LogP contribution in [0.3, 0.4) is 0 Å². The van der Waals surface area contributed by atoms with Crippen molar-refractivity contribution >= 4 is 46.5 Å². The number of aromatic nitrogens is 4. The second-order valence-corrected chi connectivity index (χ2v) is 9.87. The zero-order valence-electron chi connectivity index (χ0n) is 19.2. The molecule has 36 heavy (non-hydrogen) atoms. The third-order valence-corrected chi connectivity index (χ3v) is 7.40. The molecule has 0 bridgehead atoms. The molecule has 2 aliphatic heterocycles. The van der Waals surface area contributed by atoms with E-state index in [1.165, 1.54) is 0 Å². The highest BCUT2D eigenvalue weighted by Gasteiger charge is 2.58. The van der Waals surface area contributed by atoms with Crippen molar-refractivity contribution in [3.05, 3.63) is 99.4 Å². The molecular formula is C26H20Cl2N6O2. The largest absolute Gasteiger partial charge is 0.309 e. The van der Waals surface area contributed by atoms with Gasteiger partial charge in [0.25, 0.3) is 0 Å². The molecule has 4 aromatic rings. The molecule has 2 aromatic carbocycles. The lowest BCUT2D eigenvalue weighted by Gasteiger charge is -2.31. The van der Waals surface area contributed by atoms with Gasteiger partial charge in [0.2, 0.25) is 11.8 Å². The standard InChI is InChI=1S/C26H20Cl2N6O2/c1-15(17-2-4-18(27)5-3-17)34-24-23(31-32-34)26(13-22(35)30-24)20-12-19(28)6-7-21(20)33(25(26)36)14-16-8-10-29-11-9-16/h2-12,15H,13-14H2,1H3,(H,30,35)/t15-,26+/m0/s1. The molecule has 1 N–H and O–H groups in total. The Bertz CT molecular complexity index is 1500. The fourth-order valence-corrected chi connectivity index (χ4v) is 5.42. The number of benzene rings is 2. The SMILES string of the molecule is C[C@@H](c1ccc(Cl)cc1)n1nnc2c1NC(=O)C[C@]21C(=O)N(Cc2ccncc2)c2ccc(Cl)cc21. The Morgan fingerprint density at radius 3 is 2.50 bits per heavy atom. The first-order chi connectivity index (χ1) is 17.4. The minimum absolute atomic E-state index is 0.0902. The summed E-state index contributed by atoms with van der Waals surface area (Å²) in [5.74, 6) is -0.128. The van der Waals surface area contributed by atoms with E-state index in [1.54, 1.807) is 46.2 Å². The van der Waals surface area contributed by atoms with Crippen LogP contribution in [0.25, 0.3) is 0 Å². The predicted molar refractivity (Wildman–Crippen MR) is 136 cm³/mol. The number of hydrogen-bond acceptors (Lipinski definition) is 5. The summed E-state index contributed by atoms with van der Waals surface area (Å²) >= 11 is 12.5. The van der Waals surface area contributed by atoms with Gasteiger partial charge in [0.15, 0.2) is 5.82 Å². The Kier molecular flexibility index (Phi) is 5.31. The molecule has 10 heteroatoms. The first-order valence-corrected chi connectivity index (χ1v) is 12.2. The number of nitrogens with zero attached hydrogens (tertiary/aromatic N) is 5. The average Bonchev–Trinajstić information content (AvgIpc) is 3.39. The molecule has 0 aliphatic carbocycles. The van der Waals surface area contributed by atoms with Gasteiger partial charge >= 0.3 is 0 Å². The summed E-state index contributed by atoms with van der Waals surface area (Å²) in [6, 6.07) is 16.2. The summed E-state index contributed by atoms with van der Waals surface area (Å²) < 4.78 is 1.64. The Morgan fingerprint density at radius 2 is 1.75 bits per heavy atom. The molecular weight excluding hydrogens is 499 g/mol. The highest BCUT2D eigenvalue weighted by Crippen LogP contribution is 2.52. The van der Waals surface area contributed by atoms with E-state index in [2.05, 4.69) is 20.6 Å². The maximum absolute atomic E-state index is 14.2. The van der Waals surface area contributed by atoms with Crippen molar-refractivity contribution < 1.29 is 9.59 Å². The molecule has 2 atom stereocenters. The first kappa shape index (κ1) is 22.7. The second-order valence-electron chi connectivity index (χ2n) is 9.00. The number of carbonyl (C=O) groups excluding carboxylic acids is 2. The lowest BCUT2D eigenvalue weighted by molar-refractivity contribution is -0.126. The lowest BCUT2D eigenvalue weighted by atomic mass is 9.73. The van der Waals surface area contributed by atoms with Crippen LogP contribution in [-0.2, 0) is 21.5 Å². The normalized spacial score (nSPS) is 19.2. The van der Waals surface area contributed by atoms with E-state index < -0.39 is 5.41 Å². The molecule has 1 spiro atoms. The van der Waals surface area contributed by atoms with E-state index in [0.29, 0.717) is 39.4 Å². The zero-order chi connectivity index (χ0) is 25.0. The van der Waals surface area contributed by atoms with Gasteiger partial charge in [-0.2, -0.15) is 0 Å². The Labute approximate surface area is 216 Å². The number of fused-ring (bicyclic) bond motifs is 4. The maximum atomic E-state index is 14.2. The summed E-state index contributed by atoms with van der Waals surface area (Å²) in [6.45, 7) is 2.27. The van der Waals surface area contributed by atoms with Crippen molar-refractivity contribution in [1.82, 2.24) is 20.0 Å². The Morgan fingerprint density at radius 1 is 1.03 bits per heavy atom. The topological polar surface area (TPSA) is 93.0 Å². The van der Waals surface area contributed by atoms with E-state index >= 15 is 0 Å². The van der Waals surface area contributed by atoms with Gasteiger partial charge in [-0.3, -0.25) is 14.6 Å². The highest BCUT2D eigenvalue weighted by molar-refractivity contribution is 6.31. The van der Waals surface area contributed by atoms with Crippen LogP contribution in [0.4, 0.5) is 11.5 Å². The Hall–Kier alpha value is -3.75. The third kappa shape index (κ3) is 3.40. The number of hydrogen-bond donors (Lipinski definition) is 1. The van der Waals surface area contributed by atoms with Crippen LogP contribution in [0.1, 0.15) is 41.8 Å². The maximum Gasteiger partial charge on any atom is 0.244 e. The summed E-state index contributed by atoms with van der Waals surface area (Å²) in [7, 11) is 0. The van der Waals surface area contributed by atoms with Gasteiger partial charge in [-0.15, -0.1) is 5.10 Å². The van der Waals surface area contributed by atoms with Crippen LogP contribution < -0.4 is 10.2 Å². The van der Waals surface area contributed by atoms with Crippen LogP contribution in [-0.4, -0.2) is 31.8 Å². The Balaban J connectivity index is 1.50. The molecule has 180 valence electrons. The fraction of sp³-hybridized carbons (Fsp3) is 0.192. The number of amides is 2. The van der Waals surface area contributed by atoms with E-state index in [1.807, 2.05) is 37.3 Å². The van der Waals surface area contributed by atoms with Gasteiger partial charge in [-0.05, 0) is 66.1 Å². The number of carbonyl (C=O) groups is 2. The van der Waals surface area contributed by atoms with Crippen molar-refractivity contribution in [1.29, 1.82) is 0 Å². The van der Waals surface area contributed by atoms with Gasteiger partial charge in [0.05, 0.1) is 19.0 Å². The van der Waals surface area contributed by atoms with Crippen molar-refractivity contribution in [2.75, 3.05) is 10.2 Å². The van der Waals surface area contributed by atoms with E-state index in [0.717, 1.165) is 11.1 Å². The number of rotatable bonds is 4. The molecule has 0 saturated heterocycles. The van der Waals surface area contributed by atoms with Crippen LogP contribution in [0, 0.1) is 0 Å². The van der Waals surface area contributed by atoms with Crippen molar-refractivity contribution in [3.63, 3.8) is 0 Å². The number of nitrogens with one attached hydrogen (secondary N) is 1. The van der Waals surface area contributed by atoms with Crippen LogP contribution in [0.5, 0.6) is 0 Å². The van der Waals surface area contributed by atoms with Gasteiger partial charge < -0.3 is 10.2 Å². The molecule has 4 heterocycles. The van der Waals surface area contributed by atoms with Crippen molar-refractivity contribution in [2.24, 2.45) is 0 Å². The number of pyridine rings is 1. The lowest BCUT2D eigenvalue weighted by Crippen LogP contribution is -2.47. The van der Waals surface area contributed by atoms with Gasteiger partial charge in [0.1, 0.15) is 11.1 Å². The third-order valence-electron chi connectivity index (χ3n) is 6.91. The molecule has 8 nitrogen and oxygen atoms in total. The summed E-state index contributed by atoms with van der Waals surface area (Å²) in [6.07, 6.45) is 3.28. The molecule has 6 rings (SSSR count). The van der Waals surface area contributed by atoms with E-state index in [-0.39, 0.29) is 24.3 Å². The van der Waals surface area contributed by atoms with Crippen molar-refractivity contribution in [2.45, 2.75) is 31.3 Å². The molecule has 0 radical (unpaired) electrons. The van der Waals surface area contributed by atoms with Gasteiger partial charge in [0, 0.05) is 28.1 Å². The average molecular weight is 519 g/mol. The smallest absolute Gasteiger partial charge is 0.244 e. The second kappa shape index (κ2) is 8.43. The molecule has 0 fully saturated rings. The highest BCUT2D eigenvalue weighted by atomic mass is 35.5. The van der Waals surface area contributed by atoms with Crippen LogP contribution >= 0.6 is 23.2 Å². The molecule has 2 aromatic heterocycles. The summed E-state index contributed by atoms with van der Waals surface area (Å²) in [4.78, 5) is 33.1. The van der Waals surface area contributed by atoms with E-state index in [4.69, 9.17) is 23.2 Å². The van der Waals surface area contributed by atoms with E-state index in [9.17, 15) is 9.59 Å². The predicted octanol–water partition coefficient (Wildman–Crippen LogP) is 4.76. The molecule has 2 aliphatic rings. The zero-order valence-corrected chi connectivity index (χ0v) is 20.7. The van der Waals surface area contributed by atoms with Crippen LogP contribution in [0.2, 0.25) is 10.0 Å². The minimum Gasteiger partial charge on any atom is -0.309 e. The number of anilines is 2. The molecule has 2 amide bonds. The van der Waals surface area contributed by atoms with Gasteiger partial charge in [-0.25, -0.2) is 4.68 Å².